The molecule has 0 aliphatic carbocycles. The van der Waals surface area contributed by atoms with E-state index in [2.05, 4.69) is 5.32 Å². The van der Waals surface area contributed by atoms with Crippen molar-refractivity contribution in [3.63, 3.8) is 0 Å². The van der Waals surface area contributed by atoms with Crippen molar-refractivity contribution in [1.29, 1.82) is 0 Å². The van der Waals surface area contributed by atoms with Crippen LogP contribution in [0.1, 0.15) is 36.5 Å². The normalized spacial score (nSPS) is 20.3. The van der Waals surface area contributed by atoms with Gasteiger partial charge in [0, 0.05) is 31.6 Å². The Kier molecular flexibility index (Phi) is 5.75. The van der Waals surface area contributed by atoms with Crippen molar-refractivity contribution < 1.29 is 19.1 Å². The van der Waals surface area contributed by atoms with Crippen LogP contribution >= 0.6 is 0 Å². The van der Waals surface area contributed by atoms with Gasteiger partial charge in [-0.25, -0.2) is 0 Å². The molecule has 3 amide bonds. The number of ether oxygens (including phenoxy) is 1. The highest BCUT2D eigenvalue weighted by molar-refractivity contribution is 5.98. The lowest BCUT2D eigenvalue weighted by atomic mass is 10.1. The summed E-state index contributed by atoms with van der Waals surface area (Å²) < 4.78 is 5.72. The van der Waals surface area contributed by atoms with Gasteiger partial charge in [0.25, 0.3) is 5.91 Å². The number of likely N-dealkylation sites (tertiary alicyclic amines) is 1. The summed E-state index contributed by atoms with van der Waals surface area (Å²) in [7, 11) is 0. The Morgan fingerprint density at radius 1 is 1.31 bits per heavy atom. The van der Waals surface area contributed by atoms with Gasteiger partial charge in [0.2, 0.25) is 11.8 Å². The Morgan fingerprint density at radius 2 is 2.15 bits per heavy atom. The topological polar surface area (TPSA) is 79.0 Å². The predicted octanol–water partition coefficient (Wildman–Crippen LogP) is 1.04. The maximum absolute atomic E-state index is 12.8. The van der Waals surface area contributed by atoms with Crippen LogP contribution in [-0.2, 0) is 9.59 Å². The summed E-state index contributed by atoms with van der Waals surface area (Å²) in [5, 5.41) is 2.80. The van der Waals surface area contributed by atoms with Crippen molar-refractivity contribution in [3.8, 4) is 5.75 Å². The third-order valence-electron chi connectivity index (χ3n) is 4.86. The van der Waals surface area contributed by atoms with Crippen LogP contribution in [0.4, 0.5) is 0 Å². The highest BCUT2D eigenvalue weighted by Gasteiger charge is 2.32. The van der Waals surface area contributed by atoms with Gasteiger partial charge in [-0.05, 0) is 31.0 Å². The monoisotopic (exact) mass is 359 g/mol. The first-order valence-electron chi connectivity index (χ1n) is 9.19. The Morgan fingerprint density at radius 3 is 2.88 bits per heavy atom. The highest BCUT2D eigenvalue weighted by atomic mass is 16.5. The summed E-state index contributed by atoms with van der Waals surface area (Å²) in [5.74, 6) is 0.505. The molecule has 1 atom stereocenters. The van der Waals surface area contributed by atoms with Crippen LogP contribution in [0.15, 0.2) is 24.3 Å². The smallest absolute Gasteiger partial charge is 0.254 e. The molecule has 2 fully saturated rings. The molecule has 140 valence electrons. The standard InChI is InChI=1S/C19H25N3O4/c1-2-16-18(24)20-8-10-22(16)19(25)14-5-3-6-15(13-14)26-12-11-21-9-4-7-17(21)23/h3,5-6,13,16H,2,4,7-12H2,1H3,(H,20,24). The van der Waals surface area contributed by atoms with Crippen molar-refractivity contribution in [2.24, 2.45) is 0 Å². The van der Waals surface area contributed by atoms with Gasteiger partial charge in [-0.1, -0.05) is 13.0 Å². The first-order valence-corrected chi connectivity index (χ1v) is 9.19. The molecule has 1 aromatic rings. The number of carbonyl (C=O) groups excluding carboxylic acids is 3. The van der Waals surface area contributed by atoms with E-state index in [4.69, 9.17) is 4.74 Å². The minimum absolute atomic E-state index is 0.102. The Hall–Kier alpha value is -2.57. The number of hydrogen-bond donors (Lipinski definition) is 1. The second kappa shape index (κ2) is 8.21. The zero-order valence-corrected chi connectivity index (χ0v) is 15.1. The zero-order valence-electron chi connectivity index (χ0n) is 15.1. The molecule has 2 aliphatic rings. The molecule has 3 rings (SSSR count). The van der Waals surface area contributed by atoms with Crippen molar-refractivity contribution >= 4 is 17.7 Å². The van der Waals surface area contributed by atoms with Gasteiger partial charge in [0.05, 0.1) is 6.54 Å². The van der Waals surface area contributed by atoms with Gasteiger partial charge in [-0.15, -0.1) is 0 Å². The van der Waals surface area contributed by atoms with Crippen molar-refractivity contribution in [2.75, 3.05) is 32.8 Å². The third-order valence-corrected chi connectivity index (χ3v) is 4.86. The molecule has 7 heteroatoms. The van der Waals surface area contributed by atoms with E-state index in [-0.39, 0.29) is 17.7 Å². The van der Waals surface area contributed by atoms with Crippen LogP contribution in [0.3, 0.4) is 0 Å². The molecular formula is C19H25N3O4. The maximum Gasteiger partial charge on any atom is 0.254 e. The van der Waals surface area contributed by atoms with Crippen LogP contribution in [0.2, 0.25) is 0 Å². The molecule has 1 N–H and O–H groups in total. The Bertz CT molecular complexity index is 691. The van der Waals surface area contributed by atoms with Gasteiger partial charge in [0.15, 0.2) is 0 Å². The van der Waals surface area contributed by atoms with Gasteiger partial charge in [-0.3, -0.25) is 14.4 Å². The van der Waals surface area contributed by atoms with E-state index in [1.807, 2.05) is 6.92 Å². The molecule has 2 saturated heterocycles. The largest absolute Gasteiger partial charge is 0.492 e. The first kappa shape index (κ1) is 18.2. The summed E-state index contributed by atoms with van der Waals surface area (Å²) in [6.45, 7) is 4.62. The van der Waals surface area contributed by atoms with Crippen molar-refractivity contribution in [3.05, 3.63) is 29.8 Å². The summed E-state index contributed by atoms with van der Waals surface area (Å²) in [6.07, 6.45) is 2.11. The minimum Gasteiger partial charge on any atom is -0.492 e. The maximum atomic E-state index is 12.8. The van der Waals surface area contributed by atoms with Gasteiger partial charge in [-0.2, -0.15) is 0 Å². The molecule has 7 nitrogen and oxygen atoms in total. The lowest BCUT2D eigenvalue weighted by Crippen LogP contribution is -2.56. The number of rotatable bonds is 6. The van der Waals surface area contributed by atoms with Gasteiger partial charge >= 0.3 is 0 Å². The molecule has 0 saturated carbocycles. The van der Waals surface area contributed by atoms with E-state index in [1.54, 1.807) is 34.1 Å². The molecule has 1 aromatic carbocycles. The van der Waals surface area contributed by atoms with Crippen molar-refractivity contribution in [2.45, 2.75) is 32.2 Å². The van der Waals surface area contributed by atoms with Crippen LogP contribution < -0.4 is 10.1 Å². The number of nitrogens with zero attached hydrogens (tertiary/aromatic N) is 2. The summed E-state index contributed by atoms with van der Waals surface area (Å²) in [4.78, 5) is 39.8. The molecule has 2 aliphatic heterocycles. The summed E-state index contributed by atoms with van der Waals surface area (Å²) in [5.41, 5.74) is 0.507. The van der Waals surface area contributed by atoms with E-state index < -0.39 is 6.04 Å². The van der Waals surface area contributed by atoms with Gasteiger partial charge < -0.3 is 19.9 Å². The van der Waals surface area contributed by atoms with Gasteiger partial charge in [0.1, 0.15) is 18.4 Å². The Balaban J connectivity index is 1.61. The third kappa shape index (κ3) is 3.98. The number of amides is 3. The van der Waals surface area contributed by atoms with E-state index in [0.29, 0.717) is 50.4 Å². The lowest BCUT2D eigenvalue weighted by molar-refractivity contribution is -0.128. The van der Waals surface area contributed by atoms with Crippen LogP contribution in [0.25, 0.3) is 0 Å². The van der Waals surface area contributed by atoms with Crippen LogP contribution in [-0.4, -0.2) is 66.3 Å². The fourth-order valence-electron chi connectivity index (χ4n) is 3.46. The molecule has 0 radical (unpaired) electrons. The Labute approximate surface area is 153 Å². The molecule has 1 unspecified atom stereocenters. The molecule has 2 heterocycles. The average molecular weight is 359 g/mol. The van der Waals surface area contributed by atoms with E-state index >= 15 is 0 Å². The van der Waals surface area contributed by atoms with Crippen LogP contribution in [0, 0.1) is 0 Å². The molecule has 26 heavy (non-hydrogen) atoms. The predicted molar refractivity (Wildman–Crippen MR) is 95.9 cm³/mol. The zero-order chi connectivity index (χ0) is 18.5. The van der Waals surface area contributed by atoms with Crippen LogP contribution in [0.5, 0.6) is 5.75 Å². The number of benzene rings is 1. The molecule has 0 spiro atoms. The number of hydrogen-bond acceptors (Lipinski definition) is 4. The SMILES string of the molecule is CCC1C(=O)NCCN1C(=O)c1cccc(OCCN2CCCC2=O)c1. The number of carbonyl (C=O) groups is 3. The lowest BCUT2D eigenvalue weighted by Gasteiger charge is -2.34. The van der Waals surface area contributed by atoms with E-state index in [1.165, 1.54) is 0 Å². The number of piperazine rings is 1. The summed E-state index contributed by atoms with van der Waals surface area (Å²) in [6, 6.07) is 6.57. The average Bonchev–Trinajstić information content (AvgIpc) is 3.06. The highest BCUT2D eigenvalue weighted by Crippen LogP contribution is 2.18. The fourth-order valence-corrected chi connectivity index (χ4v) is 3.46. The first-order chi connectivity index (χ1) is 12.6. The van der Waals surface area contributed by atoms with E-state index in [9.17, 15) is 14.4 Å². The molecule has 0 bridgehead atoms. The van der Waals surface area contributed by atoms with E-state index in [0.717, 1.165) is 13.0 Å². The minimum atomic E-state index is -0.429. The molecular weight excluding hydrogens is 334 g/mol. The second-order valence-electron chi connectivity index (χ2n) is 6.57. The molecule has 0 aromatic heterocycles. The van der Waals surface area contributed by atoms with Crippen molar-refractivity contribution in [1.82, 2.24) is 15.1 Å². The summed E-state index contributed by atoms with van der Waals surface area (Å²) >= 11 is 0. The quantitative estimate of drug-likeness (QED) is 0.823. The number of nitrogens with one attached hydrogen (secondary N) is 1. The fraction of sp³-hybridized carbons (Fsp3) is 0.526. The second-order valence-corrected chi connectivity index (χ2v) is 6.57.